The van der Waals surface area contributed by atoms with Crippen LogP contribution in [0.25, 0.3) is 0 Å². The summed E-state index contributed by atoms with van der Waals surface area (Å²) in [5, 5.41) is 20.1. The molecule has 2 N–H and O–H groups in total. The van der Waals surface area contributed by atoms with Crippen LogP contribution in [0.5, 0.6) is 5.75 Å². The van der Waals surface area contributed by atoms with Crippen molar-refractivity contribution < 1.29 is 19.8 Å². The fourth-order valence-corrected chi connectivity index (χ4v) is 5.55. The van der Waals surface area contributed by atoms with Crippen molar-refractivity contribution >= 4 is 12.0 Å². The number of pyridine rings is 2. The molecule has 4 heterocycles. The minimum absolute atomic E-state index is 0.0789. The second-order valence-electron chi connectivity index (χ2n) is 10.1. The van der Waals surface area contributed by atoms with Crippen molar-refractivity contribution in [1.82, 2.24) is 24.7 Å². The first-order valence-corrected chi connectivity index (χ1v) is 13.1. The Bertz CT molecular complexity index is 1250. The Kier molecular flexibility index (Phi) is 7.83. The van der Waals surface area contributed by atoms with Gasteiger partial charge in [0.15, 0.2) is 0 Å². The molecule has 0 saturated carbocycles. The first kappa shape index (κ1) is 25.7. The Morgan fingerprint density at radius 1 is 0.868 bits per heavy atom. The third-order valence-corrected chi connectivity index (χ3v) is 7.57. The Morgan fingerprint density at radius 2 is 1.61 bits per heavy atom. The van der Waals surface area contributed by atoms with Crippen molar-refractivity contribution in [3.8, 4) is 5.75 Å². The lowest BCUT2D eigenvalue weighted by atomic mass is 10.0. The standard InChI is InChI=1S/C29H33N5O4/c35-27-7-2-1-5-22(27)18-25-10-9-24(34(25)29(37)38)17-21-8-11-26(31-19-21)28(36)33-15-13-32(14-16-33)20-23-6-3-4-12-30-23/h1-8,11-12,19,24-25,35H,9-10,13-18,20H2,(H,37,38)/t24-,25+/m0/s1. The number of phenols is 1. The number of likely N-dealkylation sites (tertiary alicyclic amines) is 1. The molecular weight excluding hydrogens is 482 g/mol. The molecule has 0 spiro atoms. The zero-order valence-corrected chi connectivity index (χ0v) is 21.3. The molecule has 2 aromatic heterocycles. The van der Waals surface area contributed by atoms with E-state index in [2.05, 4.69) is 14.9 Å². The van der Waals surface area contributed by atoms with Gasteiger partial charge in [-0.25, -0.2) is 4.79 Å². The van der Waals surface area contributed by atoms with E-state index in [1.165, 1.54) is 4.90 Å². The van der Waals surface area contributed by atoms with Gasteiger partial charge >= 0.3 is 6.09 Å². The second-order valence-corrected chi connectivity index (χ2v) is 10.1. The number of aromatic nitrogens is 2. The maximum atomic E-state index is 13.0. The van der Waals surface area contributed by atoms with Gasteiger partial charge in [-0.3, -0.25) is 19.7 Å². The molecule has 5 rings (SSSR count). The topological polar surface area (TPSA) is 110 Å². The van der Waals surface area contributed by atoms with Crippen molar-refractivity contribution in [2.24, 2.45) is 0 Å². The van der Waals surface area contributed by atoms with E-state index in [0.717, 1.165) is 49.3 Å². The number of carboxylic acid groups (broad SMARTS) is 1. The molecule has 3 aromatic rings. The van der Waals surface area contributed by atoms with E-state index < -0.39 is 6.09 Å². The second kappa shape index (κ2) is 11.6. The number of nitrogens with zero attached hydrogens (tertiary/aromatic N) is 5. The minimum atomic E-state index is -0.949. The fourth-order valence-electron chi connectivity index (χ4n) is 5.55. The highest BCUT2D eigenvalue weighted by atomic mass is 16.4. The summed E-state index contributed by atoms with van der Waals surface area (Å²) >= 11 is 0. The molecule has 2 aliphatic rings. The Labute approximate surface area is 222 Å². The molecule has 9 heteroatoms. The number of piperazine rings is 1. The van der Waals surface area contributed by atoms with Gasteiger partial charge in [-0.05, 0) is 61.1 Å². The van der Waals surface area contributed by atoms with Crippen molar-refractivity contribution in [2.45, 2.75) is 44.3 Å². The number of carbonyl (C=O) groups is 2. The lowest BCUT2D eigenvalue weighted by Crippen LogP contribution is -2.48. The molecule has 0 aliphatic carbocycles. The van der Waals surface area contributed by atoms with Crippen molar-refractivity contribution in [2.75, 3.05) is 26.2 Å². The van der Waals surface area contributed by atoms with E-state index in [1.807, 2.05) is 41.3 Å². The molecule has 0 radical (unpaired) electrons. The number of aromatic hydroxyl groups is 1. The first-order valence-electron chi connectivity index (χ1n) is 13.1. The lowest BCUT2D eigenvalue weighted by Gasteiger charge is -2.34. The van der Waals surface area contributed by atoms with Gasteiger partial charge in [0.05, 0.1) is 5.69 Å². The summed E-state index contributed by atoms with van der Waals surface area (Å²) in [6.07, 6.45) is 5.05. The monoisotopic (exact) mass is 515 g/mol. The molecule has 2 atom stereocenters. The number of para-hydroxylation sites is 1. The molecule has 1 aromatic carbocycles. The molecule has 2 amide bonds. The summed E-state index contributed by atoms with van der Waals surface area (Å²) < 4.78 is 0. The van der Waals surface area contributed by atoms with Crippen molar-refractivity contribution in [3.63, 3.8) is 0 Å². The summed E-state index contributed by atoms with van der Waals surface area (Å²) in [6, 6.07) is 16.3. The van der Waals surface area contributed by atoms with Crippen molar-refractivity contribution in [3.05, 3.63) is 89.5 Å². The fraction of sp³-hybridized carbons (Fsp3) is 0.379. The Morgan fingerprint density at radius 3 is 2.26 bits per heavy atom. The average molecular weight is 516 g/mol. The third kappa shape index (κ3) is 5.94. The summed E-state index contributed by atoms with van der Waals surface area (Å²) in [5.74, 6) is 0.116. The van der Waals surface area contributed by atoms with Gasteiger partial charge in [0, 0.05) is 57.2 Å². The van der Waals surface area contributed by atoms with Crippen LogP contribution in [0.3, 0.4) is 0 Å². The highest BCUT2D eigenvalue weighted by Gasteiger charge is 2.37. The van der Waals surface area contributed by atoms with Gasteiger partial charge in [0.25, 0.3) is 5.91 Å². The molecule has 0 unspecified atom stereocenters. The van der Waals surface area contributed by atoms with Crippen LogP contribution in [0.1, 0.15) is 40.2 Å². The molecule has 0 bridgehead atoms. The highest BCUT2D eigenvalue weighted by molar-refractivity contribution is 5.92. The van der Waals surface area contributed by atoms with E-state index >= 15 is 0 Å². The first-order chi connectivity index (χ1) is 18.5. The van der Waals surface area contributed by atoms with Crippen LogP contribution < -0.4 is 0 Å². The Hall–Kier alpha value is -3.98. The summed E-state index contributed by atoms with van der Waals surface area (Å²) in [6.45, 7) is 3.63. The van der Waals surface area contributed by atoms with Gasteiger partial charge in [0.2, 0.25) is 0 Å². The van der Waals surface area contributed by atoms with Gasteiger partial charge in [0.1, 0.15) is 11.4 Å². The summed E-state index contributed by atoms with van der Waals surface area (Å²) in [5.41, 5.74) is 3.09. The van der Waals surface area contributed by atoms with E-state index in [1.54, 1.807) is 30.6 Å². The average Bonchev–Trinajstić information content (AvgIpc) is 3.33. The largest absolute Gasteiger partial charge is 0.508 e. The number of phenolic OH excluding ortho intramolecular Hbond substituents is 1. The van der Waals surface area contributed by atoms with Crippen LogP contribution in [-0.2, 0) is 19.4 Å². The smallest absolute Gasteiger partial charge is 0.407 e. The van der Waals surface area contributed by atoms with E-state index in [0.29, 0.717) is 31.6 Å². The van der Waals surface area contributed by atoms with Gasteiger partial charge < -0.3 is 20.0 Å². The molecule has 2 saturated heterocycles. The van der Waals surface area contributed by atoms with Gasteiger partial charge in [-0.2, -0.15) is 0 Å². The highest BCUT2D eigenvalue weighted by Crippen LogP contribution is 2.31. The summed E-state index contributed by atoms with van der Waals surface area (Å²) in [7, 11) is 0. The SMILES string of the molecule is O=C(c1ccc(C[C@@H]2CC[C@H](Cc3ccccc3O)N2C(=O)O)cn1)N1CCN(Cc2ccccn2)CC1. The number of rotatable bonds is 7. The van der Waals surface area contributed by atoms with Crippen LogP contribution in [0.2, 0.25) is 0 Å². The number of hydrogen-bond donors (Lipinski definition) is 2. The predicted molar refractivity (Wildman–Crippen MR) is 142 cm³/mol. The van der Waals surface area contributed by atoms with Crippen molar-refractivity contribution in [1.29, 1.82) is 0 Å². The van der Waals surface area contributed by atoms with E-state index in [-0.39, 0.29) is 23.7 Å². The van der Waals surface area contributed by atoms with Crippen LogP contribution in [0.15, 0.2) is 67.0 Å². The maximum absolute atomic E-state index is 13.0. The van der Waals surface area contributed by atoms with Crippen LogP contribution in [0, 0.1) is 0 Å². The zero-order chi connectivity index (χ0) is 26.5. The minimum Gasteiger partial charge on any atom is -0.508 e. The normalized spacial score (nSPS) is 20.0. The predicted octanol–water partition coefficient (Wildman–Crippen LogP) is 3.44. The zero-order valence-electron chi connectivity index (χ0n) is 21.3. The molecule has 2 aliphatic heterocycles. The maximum Gasteiger partial charge on any atom is 0.407 e. The number of amides is 2. The number of carbonyl (C=O) groups excluding carboxylic acids is 1. The Balaban J connectivity index is 1.16. The van der Waals surface area contributed by atoms with Gasteiger partial charge in [-0.1, -0.05) is 30.3 Å². The van der Waals surface area contributed by atoms with Crippen LogP contribution in [-0.4, -0.2) is 85.1 Å². The van der Waals surface area contributed by atoms with Crippen LogP contribution >= 0.6 is 0 Å². The molecule has 198 valence electrons. The number of benzene rings is 1. The molecule has 9 nitrogen and oxygen atoms in total. The van der Waals surface area contributed by atoms with Crippen LogP contribution in [0.4, 0.5) is 4.79 Å². The lowest BCUT2D eigenvalue weighted by molar-refractivity contribution is 0.0621. The molecule has 38 heavy (non-hydrogen) atoms. The molecular formula is C29H33N5O4. The quantitative estimate of drug-likeness (QED) is 0.496. The molecule has 2 fully saturated rings. The third-order valence-electron chi connectivity index (χ3n) is 7.57. The van der Waals surface area contributed by atoms with E-state index in [9.17, 15) is 19.8 Å². The summed E-state index contributed by atoms with van der Waals surface area (Å²) in [4.78, 5) is 39.6. The van der Waals surface area contributed by atoms with E-state index in [4.69, 9.17) is 0 Å². The number of hydrogen-bond acceptors (Lipinski definition) is 6. The van der Waals surface area contributed by atoms with Gasteiger partial charge in [-0.15, -0.1) is 0 Å².